The molecule has 1 aliphatic rings. The van der Waals surface area contributed by atoms with Gasteiger partial charge in [0.2, 0.25) is 5.91 Å². The quantitative estimate of drug-likeness (QED) is 0.496. The summed E-state index contributed by atoms with van der Waals surface area (Å²) in [4.78, 5) is 10.6. The van der Waals surface area contributed by atoms with Crippen molar-refractivity contribution < 1.29 is 4.79 Å². The van der Waals surface area contributed by atoms with Crippen molar-refractivity contribution >= 4 is 5.91 Å². The summed E-state index contributed by atoms with van der Waals surface area (Å²) in [5.74, 6) is 0.225. The largest absolute Gasteiger partial charge is 0.356 e. The van der Waals surface area contributed by atoms with Gasteiger partial charge in [-0.15, -0.1) is 0 Å². The molecule has 1 fully saturated rings. The first-order valence-corrected chi connectivity index (χ1v) is 3.16. The number of hydrogen-bond acceptors (Lipinski definition) is 1. The van der Waals surface area contributed by atoms with Crippen molar-refractivity contribution in [3.05, 3.63) is 0 Å². The molecule has 3 heteroatoms. The molecule has 0 atom stereocenters. The van der Waals surface area contributed by atoms with E-state index >= 15 is 0 Å². The number of carbonyl (C=O) groups excluding carboxylic acids is 1. The summed E-state index contributed by atoms with van der Waals surface area (Å²) in [6.07, 6.45) is 4.18. The molecule has 1 rings (SSSR count). The van der Waals surface area contributed by atoms with Crippen LogP contribution in [0.4, 0.5) is 0 Å². The average Bonchev–Trinajstić information content (AvgIpc) is 1.94. The van der Waals surface area contributed by atoms with Crippen molar-refractivity contribution in [2.24, 2.45) is 0 Å². The Morgan fingerprint density at radius 2 is 2.00 bits per heavy atom. The lowest BCUT2D eigenvalue weighted by molar-refractivity contribution is -0.120. The molecule has 1 amide bonds. The maximum Gasteiger partial charge on any atom is 0.219 e. The summed E-state index contributed by atoms with van der Waals surface area (Å²) in [5, 5.41) is 2.81. The molecule has 0 bridgehead atoms. The van der Waals surface area contributed by atoms with Gasteiger partial charge in [-0.3, -0.25) is 4.79 Å². The second-order valence-electron chi connectivity index (χ2n) is 2.16. The van der Waals surface area contributed by atoms with E-state index in [0.29, 0.717) is 0 Å². The summed E-state index contributed by atoms with van der Waals surface area (Å²) in [6.45, 7) is 0.888. The van der Waals surface area contributed by atoms with Crippen LogP contribution in [0.15, 0.2) is 0 Å². The van der Waals surface area contributed by atoms with E-state index in [4.69, 9.17) is 0 Å². The van der Waals surface area contributed by atoms with Crippen LogP contribution in [0.2, 0.25) is 0 Å². The van der Waals surface area contributed by atoms with Gasteiger partial charge in [0.25, 0.3) is 0 Å². The first kappa shape index (κ1) is 8.43. The Morgan fingerprint density at radius 1 is 1.22 bits per heavy atom. The predicted octanol–water partition coefficient (Wildman–Crippen LogP) is 0.196. The zero-order chi connectivity index (χ0) is 5.82. The van der Waals surface area contributed by atoms with Crippen LogP contribution in [0.25, 0.3) is 0 Å². The third-order valence-corrected chi connectivity index (χ3v) is 1.40. The fraction of sp³-hybridized carbons (Fsp3) is 0.833. The first-order chi connectivity index (χ1) is 3.89. The summed E-state index contributed by atoms with van der Waals surface area (Å²) in [6, 6.07) is 0. The lowest BCUT2D eigenvalue weighted by Crippen LogP contribution is -2.21. The molecule has 3 nitrogen and oxygen atoms in total. The molecule has 1 aliphatic heterocycles. The van der Waals surface area contributed by atoms with Crippen LogP contribution in [0, 0.1) is 0 Å². The Hall–Kier alpha value is -0.570. The highest BCUT2D eigenvalue weighted by atomic mass is 16.1. The molecule has 0 saturated carbocycles. The zero-order valence-corrected chi connectivity index (χ0v) is 5.39. The Labute approximate surface area is 55.4 Å². The van der Waals surface area contributed by atoms with Gasteiger partial charge in [0, 0.05) is 19.1 Å². The summed E-state index contributed by atoms with van der Waals surface area (Å²) >= 11 is 0. The van der Waals surface area contributed by atoms with Gasteiger partial charge in [-0.25, -0.2) is 0 Å². The molecule has 9 heavy (non-hydrogen) atoms. The normalized spacial score (nSPS) is 19.3. The van der Waals surface area contributed by atoms with Gasteiger partial charge < -0.3 is 5.32 Å². The van der Waals surface area contributed by atoms with Crippen LogP contribution in [0.3, 0.4) is 0 Å². The Balaban J connectivity index is 0.000000640. The van der Waals surface area contributed by atoms with Crippen LogP contribution in [0.5, 0.6) is 0 Å². The van der Waals surface area contributed by atoms with E-state index < -0.39 is 0 Å². The van der Waals surface area contributed by atoms with Gasteiger partial charge in [-0.2, -0.15) is 0 Å². The average molecular weight is 127 g/mol. The van der Waals surface area contributed by atoms with Crippen LogP contribution >= 0.6 is 0 Å². The van der Waals surface area contributed by atoms with Crippen molar-refractivity contribution in [3.8, 4) is 0 Å². The predicted molar refractivity (Wildman–Crippen MR) is 33.6 cm³/mol. The number of nitrogens with one attached hydrogen (secondary N) is 1. The molecule has 1 saturated heterocycles. The summed E-state index contributed by atoms with van der Waals surface area (Å²) < 4.78 is 0. The summed E-state index contributed by atoms with van der Waals surface area (Å²) in [5.41, 5.74) is 0. The molecular weight excluding hydrogens is 116 g/mol. The fourth-order valence-electron chi connectivity index (χ4n) is 0.904. The van der Waals surface area contributed by atoms with E-state index in [1.54, 1.807) is 0 Å². The standard InChI is InChI=1S/C6H11NO.N/c8-6-4-2-1-3-5-7-6;/h1-5H2,(H,7,8);. The maximum atomic E-state index is 10.6. The highest BCUT2D eigenvalue weighted by Gasteiger charge is 2.03. The molecule has 1 N–H and O–H groups in total. The third kappa shape index (κ3) is 3.08. The third-order valence-electron chi connectivity index (χ3n) is 1.40. The van der Waals surface area contributed by atoms with Crippen LogP contribution in [-0.4, -0.2) is 12.5 Å². The van der Waals surface area contributed by atoms with E-state index in [0.717, 1.165) is 25.8 Å². The number of hydrogen-bond donors (Lipinski definition) is 1. The highest BCUT2D eigenvalue weighted by molar-refractivity contribution is 5.75. The fourth-order valence-corrected chi connectivity index (χ4v) is 0.904. The lowest BCUT2D eigenvalue weighted by Gasteiger charge is -1.93. The van der Waals surface area contributed by atoms with Gasteiger partial charge >= 0.3 is 0 Å². The molecule has 0 aromatic heterocycles. The molecule has 0 aliphatic carbocycles. The minimum absolute atomic E-state index is 0. The number of amides is 1. The van der Waals surface area contributed by atoms with E-state index in [2.05, 4.69) is 5.32 Å². The van der Waals surface area contributed by atoms with E-state index in [1.165, 1.54) is 6.42 Å². The molecular formula is C6H11N2O. The van der Waals surface area contributed by atoms with Gasteiger partial charge in [-0.1, -0.05) is 6.42 Å². The molecule has 51 valence electrons. The van der Waals surface area contributed by atoms with Crippen molar-refractivity contribution in [2.45, 2.75) is 25.7 Å². The SMILES string of the molecule is O=C1CCCCCN1.[N]. The van der Waals surface area contributed by atoms with Crippen LogP contribution in [0.1, 0.15) is 25.7 Å². The number of rotatable bonds is 0. The second-order valence-corrected chi connectivity index (χ2v) is 2.16. The smallest absolute Gasteiger partial charge is 0.219 e. The van der Waals surface area contributed by atoms with E-state index in [1.807, 2.05) is 0 Å². The van der Waals surface area contributed by atoms with Gasteiger partial charge in [-0.05, 0) is 12.8 Å². The lowest BCUT2D eigenvalue weighted by atomic mass is 10.2. The van der Waals surface area contributed by atoms with E-state index in [-0.39, 0.29) is 12.1 Å². The van der Waals surface area contributed by atoms with Crippen LogP contribution in [-0.2, 0) is 4.79 Å². The minimum Gasteiger partial charge on any atom is -0.356 e. The topological polar surface area (TPSA) is 59.6 Å². The number of carbonyl (C=O) groups is 1. The molecule has 3 radical (unpaired) electrons. The molecule has 1 heterocycles. The second kappa shape index (κ2) is 4.32. The van der Waals surface area contributed by atoms with Crippen LogP contribution < -0.4 is 11.5 Å². The van der Waals surface area contributed by atoms with E-state index in [9.17, 15) is 4.79 Å². The van der Waals surface area contributed by atoms with Gasteiger partial charge in [0.15, 0.2) is 0 Å². The zero-order valence-electron chi connectivity index (χ0n) is 5.39. The van der Waals surface area contributed by atoms with Gasteiger partial charge in [0.1, 0.15) is 0 Å². The Bertz CT molecular complexity index is 83.1. The Morgan fingerprint density at radius 3 is 2.78 bits per heavy atom. The number of nitrogens with zero attached hydrogens (tertiary/aromatic N) is 1. The molecule has 0 aromatic rings. The first-order valence-electron chi connectivity index (χ1n) is 3.16. The Kier molecular flexibility index (Phi) is 4.05. The molecule has 0 unspecified atom stereocenters. The summed E-state index contributed by atoms with van der Waals surface area (Å²) in [7, 11) is 0. The van der Waals surface area contributed by atoms with Crippen molar-refractivity contribution in [1.82, 2.24) is 11.5 Å². The van der Waals surface area contributed by atoms with Crippen molar-refractivity contribution in [1.29, 1.82) is 0 Å². The van der Waals surface area contributed by atoms with Gasteiger partial charge in [0.05, 0.1) is 0 Å². The monoisotopic (exact) mass is 127 g/mol. The molecule has 0 spiro atoms. The van der Waals surface area contributed by atoms with Crippen molar-refractivity contribution in [2.75, 3.05) is 6.54 Å². The highest BCUT2D eigenvalue weighted by Crippen LogP contribution is 2.02. The molecule has 0 aromatic carbocycles. The maximum absolute atomic E-state index is 10.6. The van der Waals surface area contributed by atoms with Crippen molar-refractivity contribution in [3.63, 3.8) is 0 Å². The minimum atomic E-state index is 0.